The molecule has 29 heavy (non-hydrogen) atoms. The summed E-state index contributed by atoms with van der Waals surface area (Å²) in [5.74, 6) is -0.145. The van der Waals surface area contributed by atoms with Gasteiger partial charge in [-0.3, -0.25) is 14.0 Å². The van der Waals surface area contributed by atoms with Gasteiger partial charge in [0, 0.05) is 25.8 Å². The van der Waals surface area contributed by atoms with Crippen LogP contribution in [0.4, 0.5) is 4.39 Å². The third-order valence-electron chi connectivity index (χ3n) is 5.27. The Labute approximate surface area is 168 Å². The van der Waals surface area contributed by atoms with Crippen molar-refractivity contribution in [1.29, 1.82) is 0 Å². The van der Waals surface area contributed by atoms with Crippen LogP contribution in [-0.2, 0) is 6.54 Å². The van der Waals surface area contributed by atoms with Gasteiger partial charge in [-0.15, -0.1) is 0 Å². The average molecular weight is 394 g/mol. The van der Waals surface area contributed by atoms with Crippen LogP contribution in [0.2, 0.25) is 0 Å². The molecule has 0 aliphatic carbocycles. The summed E-state index contributed by atoms with van der Waals surface area (Å²) >= 11 is 0. The number of piperidine rings is 1. The molecule has 7 heteroatoms. The lowest BCUT2D eigenvalue weighted by molar-refractivity contribution is 0.0670. The van der Waals surface area contributed by atoms with E-state index in [2.05, 4.69) is 17.2 Å². The topological polar surface area (TPSA) is 66.7 Å². The molecule has 1 unspecified atom stereocenters. The lowest BCUT2D eigenvalue weighted by Gasteiger charge is -2.30. The first kappa shape index (κ1) is 19.1. The lowest BCUT2D eigenvalue weighted by Crippen LogP contribution is -2.40. The molecule has 2 amide bonds. The quantitative estimate of drug-likeness (QED) is 0.739. The second-order valence-corrected chi connectivity index (χ2v) is 7.55. The second kappa shape index (κ2) is 8.03. The number of fused-ring (bicyclic) bond motifs is 1. The fourth-order valence-electron chi connectivity index (χ4n) is 3.74. The van der Waals surface area contributed by atoms with Crippen LogP contribution in [0.3, 0.4) is 0 Å². The Morgan fingerprint density at radius 2 is 2.00 bits per heavy atom. The first-order valence-corrected chi connectivity index (χ1v) is 9.82. The molecule has 2 aromatic heterocycles. The fourth-order valence-corrected chi connectivity index (χ4v) is 3.74. The number of halogens is 1. The molecule has 1 aliphatic rings. The zero-order valence-electron chi connectivity index (χ0n) is 16.3. The Morgan fingerprint density at radius 1 is 1.21 bits per heavy atom. The van der Waals surface area contributed by atoms with E-state index in [9.17, 15) is 14.0 Å². The minimum Gasteiger partial charge on any atom is -0.347 e. The van der Waals surface area contributed by atoms with Crippen LogP contribution in [0.25, 0.3) is 5.52 Å². The number of nitrogens with one attached hydrogen (secondary N) is 1. The maximum absolute atomic E-state index is 13.1. The number of hydrogen-bond acceptors (Lipinski definition) is 3. The first-order valence-electron chi connectivity index (χ1n) is 9.82. The molecule has 1 saturated heterocycles. The van der Waals surface area contributed by atoms with E-state index in [1.807, 2.05) is 17.0 Å². The summed E-state index contributed by atoms with van der Waals surface area (Å²) in [7, 11) is 0. The van der Waals surface area contributed by atoms with Gasteiger partial charge in [0.05, 0.1) is 5.52 Å². The SMILES string of the molecule is CC1CCCN(C(=O)c2nc(C(=O)NCc3ccc(F)cc3)c3ccccn23)C1. The Hall–Kier alpha value is -3.22. The number of pyridine rings is 1. The van der Waals surface area contributed by atoms with Gasteiger partial charge in [-0.25, -0.2) is 9.37 Å². The van der Waals surface area contributed by atoms with Crippen LogP contribution >= 0.6 is 0 Å². The predicted octanol–water partition coefficient (Wildman–Crippen LogP) is 3.28. The summed E-state index contributed by atoms with van der Waals surface area (Å²) in [6, 6.07) is 11.3. The van der Waals surface area contributed by atoms with E-state index in [1.165, 1.54) is 12.1 Å². The zero-order valence-corrected chi connectivity index (χ0v) is 16.3. The molecule has 6 nitrogen and oxygen atoms in total. The summed E-state index contributed by atoms with van der Waals surface area (Å²) in [4.78, 5) is 32.1. The maximum atomic E-state index is 13.1. The van der Waals surface area contributed by atoms with Gasteiger partial charge in [-0.05, 0) is 48.6 Å². The Bertz CT molecular complexity index is 1040. The van der Waals surface area contributed by atoms with E-state index >= 15 is 0 Å². The number of benzene rings is 1. The third-order valence-corrected chi connectivity index (χ3v) is 5.27. The van der Waals surface area contributed by atoms with Crippen LogP contribution in [0.15, 0.2) is 48.7 Å². The summed E-state index contributed by atoms with van der Waals surface area (Å²) in [6.45, 7) is 3.79. The van der Waals surface area contributed by atoms with Gasteiger partial charge in [0.15, 0.2) is 5.69 Å². The Morgan fingerprint density at radius 3 is 2.76 bits per heavy atom. The number of likely N-dealkylation sites (tertiary alicyclic amines) is 1. The van der Waals surface area contributed by atoms with Crippen LogP contribution < -0.4 is 5.32 Å². The van der Waals surface area contributed by atoms with Gasteiger partial charge in [-0.2, -0.15) is 0 Å². The van der Waals surface area contributed by atoms with Gasteiger partial charge in [0.2, 0.25) is 5.82 Å². The van der Waals surface area contributed by atoms with Crippen molar-refractivity contribution >= 4 is 17.3 Å². The fraction of sp³-hybridized carbons (Fsp3) is 0.318. The lowest BCUT2D eigenvalue weighted by atomic mass is 10.0. The minimum atomic E-state index is -0.371. The number of imidazole rings is 1. The van der Waals surface area contributed by atoms with E-state index in [4.69, 9.17) is 0 Å². The highest BCUT2D eigenvalue weighted by Crippen LogP contribution is 2.20. The number of hydrogen-bond donors (Lipinski definition) is 1. The van der Waals surface area contributed by atoms with Gasteiger partial charge in [-0.1, -0.05) is 25.1 Å². The molecular formula is C22H23FN4O2. The Balaban J connectivity index is 1.59. The number of carbonyl (C=O) groups is 2. The summed E-state index contributed by atoms with van der Waals surface area (Å²) < 4.78 is 14.7. The van der Waals surface area contributed by atoms with Crippen molar-refractivity contribution in [3.05, 3.63) is 71.6 Å². The van der Waals surface area contributed by atoms with Crippen LogP contribution in [-0.4, -0.2) is 39.2 Å². The van der Waals surface area contributed by atoms with E-state index in [1.54, 1.807) is 28.8 Å². The van der Waals surface area contributed by atoms with Crippen LogP contribution in [0, 0.1) is 11.7 Å². The van der Waals surface area contributed by atoms with Gasteiger partial charge >= 0.3 is 0 Å². The average Bonchev–Trinajstić information content (AvgIpc) is 3.12. The first-order chi connectivity index (χ1) is 14.0. The van der Waals surface area contributed by atoms with Crippen molar-refractivity contribution in [3.8, 4) is 0 Å². The normalized spacial score (nSPS) is 16.8. The van der Waals surface area contributed by atoms with Crippen molar-refractivity contribution in [1.82, 2.24) is 19.6 Å². The van der Waals surface area contributed by atoms with Gasteiger partial charge in [0.1, 0.15) is 5.82 Å². The summed E-state index contributed by atoms with van der Waals surface area (Å²) in [5, 5.41) is 2.80. The second-order valence-electron chi connectivity index (χ2n) is 7.55. The molecule has 1 atom stereocenters. The van der Waals surface area contributed by atoms with Crippen molar-refractivity contribution in [2.75, 3.05) is 13.1 Å². The molecule has 3 aromatic rings. The summed E-state index contributed by atoms with van der Waals surface area (Å²) in [5.41, 5.74) is 1.57. The van der Waals surface area contributed by atoms with Crippen LogP contribution in [0.5, 0.6) is 0 Å². The molecular weight excluding hydrogens is 371 g/mol. The zero-order chi connectivity index (χ0) is 20.4. The number of nitrogens with zero attached hydrogens (tertiary/aromatic N) is 3. The number of rotatable bonds is 4. The number of aromatic nitrogens is 2. The third kappa shape index (κ3) is 3.99. The highest BCUT2D eigenvalue weighted by molar-refractivity contribution is 6.02. The monoisotopic (exact) mass is 394 g/mol. The molecule has 1 aromatic carbocycles. The summed E-state index contributed by atoms with van der Waals surface area (Å²) in [6.07, 6.45) is 3.84. The molecule has 1 fully saturated rings. The van der Waals surface area contributed by atoms with Crippen molar-refractivity contribution < 1.29 is 14.0 Å². The number of carbonyl (C=O) groups excluding carboxylic acids is 2. The molecule has 0 spiro atoms. The molecule has 0 radical (unpaired) electrons. The molecule has 1 aliphatic heterocycles. The maximum Gasteiger partial charge on any atom is 0.290 e. The van der Waals surface area contributed by atoms with E-state index in [0.717, 1.165) is 18.4 Å². The van der Waals surface area contributed by atoms with E-state index in [-0.39, 0.29) is 35.7 Å². The van der Waals surface area contributed by atoms with Crippen LogP contribution in [0.1, 0.15) is 46.4 Å². The Kier molecular flexibility index (Phi) is 5.29. The standard InChI is InChI=1S/C22H23FN4O2/c1-15-5-4-11-26(14-15)22(29)20-25-19(18-6-2-3-12-27(18)20)21(28)24-13-16-7-9-17(23)10-8-16/h2-3,6-10,12,15H,4-5,11,13-14H2,1H3,(H,24,28). The number of amides is 2. The van der Waals surface area contributed by atoms with Crippen molar-refractivity contribution in [2.24, 2.45) is 5.92 Å². The molecule has 1 N–H and O–H groups in total. The predicted molar refractivity (Wildman–Crippen MR) is 107 cm³/mol. The van der Waals surface area contributed by atoms with E-state index < -0.39 is 0 Å². The van der Waals surface area contributed by atoms with Crippen molar-refractivity contribution in [3.63, 3.8) is 0 Å². The largest absolute Gasteiger partial charge is 0.347 e. The smallest absolute Gasteiger partial charge is 0.290 e. The highest BCUT2D eigenvalue weighted by atomic mass is 19.1. The molecule has 4 rings (SSSR count). The van der Waals surface area contributed by atoms with Crippen molar-refractivity contribution in [2.45, 2.75) is 26.3 Å². The molecule has 0 bridgehead atoms. The highest BCUT2D eigenvalue weighted by Gasteiger charge is 2.27. The van der Waals surface area contributed by atoms with Gasteiger partial charge < -0.3 is 10.2 Å². The molecule has 150 valence electrons. The molecule has 3 heterocycles. The molecule has 0 saturated carbocycles. The minimum absolute atomic E-state index is 0.157. The van der Waals surface area contributed by atoms with E-state index in [0.29, 0.717) is 24.5 Å². The van der Waals surface area contributed by atoms with Gasteiger partial charge in [0.25, 0.3) is 11.8 Å².